The highest BCUT2D eigenvalue weighted by Gasteiger charge is 2.20. The van der Waals surface area contributed by atoms with Gasteiger partial charge in [0.2, 0.25) is 5.91 Å². The van der Waals surface area contributed by atoms with Crippen LogP contribution >= 0.6 is 23.4 Å². The first-order valence-electron chi connectivity index (χ1n) is 8.30. The Morgan fingerprint density at radius 3 is 2.70 bits per heavy atom. The number of nitrogens with one attached hydrogen (secondary N) is 1. The van der Waals surface area contributed by atoms with E-state index in [1.807, 2.05) is 41.8 Å². The summed E-state index contributed by atoms with van der Waals surface area (Å²) in [6.07, 6.45) is 0. The van der Waals surface area contributed by atoms with E-state index in [2.05, 4.69) is 15.5 Å². The maximum atomic E-state index is 13.9. The third-order valence-corrected chi connectivity index (χ3v) is 5.24. The third-order valence-electron chi connectivity index (χ3n) is 3.93. The molecule has 5 nitrogen and oxygen atoms in total. The molecule has 27 heavy (non-hydrogen) atoms. The number of anilines is 1. The molecule has 0 aliphatic rings. The summed E-state index contributed by atoms with van der Waals surface area (Å²) in [6, 6.07) is 14.1. The zero-order valence-corrected chi connectivity index (χ0v) is 16.4. The van der Waals surface area contributed by atoms with Crippen LogP contribution in [0.4, 0.5) is 10.1 Å². The smallest absolute Gasteiger partial charge is 0.237 e. The van der Waals surface area contributed by atoms with Gasteiger partial charge >= 0.3 is 0 Å². The molecule has 0 fully saturated rings. The number of benzene rings is 2. The highest BCUT2D eigenvalue weighted by atomic mass is 35.5. The van der Waals surface area contributed by atoms with Crippen molar-refractivity contribution in [3.05, 3.63) is 70.8 Å². The summed E-state index contributed by atoms with van der Waals surface area (Å²) in [5.41, 5.74) is 1.21. The number of nitrogens with zero attached hydrogens (tertiary/aromatic N) is 3. The van der Waals surface area contributed by atoms with Crippen LogP contribution in [0.1, 0.15) is 18.3 Å². The fraction of sp³-hybridized carbons (Fsp3) is 0.211. The van der Waals surface area contributed by atoms with E-state index in [1.54, 1.807) is 6.92 Å². The summed E-state index contributed by atoms with van der Waals surface area (Å²) in [5, 5.41) is 11.3. The number of halogens is 2. The van der Waals surface area contributed by atoms with Gasteiger partial charge in [-0.2, -0.15) is 0 Å². The van der Waals surface area contributed by atoms with Crippen molar-refractivity contribution < 1.29 is 9.18 Å². The van der Waals surface area contributed by atoms with Crippen LogP contribution in [-0.4, -0.2) is 25.9 Å². The molecule has 0 aliphatic carbocycles. The number of carbonyl (C=O) groups is 1. The molecule has 1 aromatic heterocycles. The van der Waals surface area contributed by atoms with Crippen LogP contribution < -0.4 is 5.32 Å². The van der Waals surface area contributed by atoms with Gasteiger partial charge in [0.25, 0.3) is 0 Å². The first kappa shape index (κ1) is 19.4. The zero-order chi connectivity index (χ0) is 19.4. The second kappa shape index (κ2) is 8.54. The second-order valence-corrected chi connectivity index (χ2v) is 7.72. The van der Waals surface area contributed by atoms with Crippen LogP contribution in [0.15, 0.2) is 53.7 Å². The van der Waals surface area contributed by atoms with Crippen LogP contribution in [0.3, 0.4) is 0 Å². The molecule has 2 aromatic carbocycles. The Labute approximate surface area is 166 Å². The fourth-order valence-electron chi connectivity index (χ4n) is 2.43. The molecule has 1 amide bonds. The largest absolute Gasteiger partial charge is 0.323 e. The zero-order valence-electron chi connectivity index (χ0n) is 14.8. The molecule has 1 N–H and O–H groups in total. The standard InChI is InChI=1S/C19H18ClFN4OS/c1-12(18(26)22-17-9-8-15(20)10-16(17)21)27-19-24-23-13(2)25(19)11-14-6-4-3-5-7-14/h3-10,12H,11H2,1-2H3,(H,22,26)/t12-/m1/s1. The van der Waals surface area contributed by atoms with E-state index in [1.165, 1.54) is 23.9 Å². The van der Waals surface area contributed by atoms with Gasteiger partial charge in [-0.25, -0.2) is 4.39 Å². The molecule has 140 valence electrons. The monoisotopic (exact) mass is 404 g/mol. The van der Waals surface area contributed by atoms with E-state index in [0.717, 1.165) is 17.5 Å². The average molecular weight is 405 g/mol. The third kappa shape index (κ3) is 4.87. The van der Waals surface area contributed by atoms with E-state index in [9.17, 15) is 9.18 Å². The topological polar surface area (TPSA) is 59.8 Å². The van der Waals surface area contributed by atoms with Crippen LogP contribution in [0.5, 0.6) is 0 Å². The summed E-state index contributed by atoms with van der Waals surface area (Å²) in [5.74, 6) is -0.137. The second-order valence-electron chi connectivity index (χ2n) is 5.98. The van der Waals surface area contributed by atoms with Crippen molar-refractivity contribution in [1.29, 1.82) is 0 Å². The van der Waals surface area contributed by atoms with Crippen molar-refractivity contribution in [3.8, 4) is 0 Å². The van der Waals surface area contributed by atoms with Gasteiger partial charge in [0.1, 0.15) is 11.6 Å². The van der Waals surface area contributed by atoms with Gasteiger partial charge in [-0.05, 0) is 37.6 Å². The molecule has 3 aromatic rings. The highest BCUT2D eigenvalue weighted by Crippen LogP contribution is 2.25. The van der Waals surface area contributed by atoms with Gasteiger partial charge in [0.05, 0.1) is 17.5 Å². The summed E-state index contributed by atoms with van der Waals surface area (Å²) < 4.78 is 15.8. The Morgan fingerprint density at radius 1 is 1.26 bits per heavy atom. The molecule has 0 aliphatic heterocycles. The van der Waals surface area contributed by atoms with Gasteiger partial charge in [0.15, 0.2) is 5.16 Å². The minimum absolute atomic E-state index is 0.0961. The quantitative estimate of drug-likeness (QED) is 0.612. The number of amides is 1. The summed E-state index contributed by atoms with van der Waals surface area (Å²) in [6.45, 7) is 4.22. The van der Waals surface area contributed by atoms with Crippen LogP contribution in [0.2, 0.25) is 5.02 Å². The van der Waals surface area contributed by atoms with Crippen LogP contribution in [-0.2, 0) is 11.3 Å². The molecular weight excluding hydrogens is 387 g/mol. The Hall–Kier alpha value is -2.38. The Bertz CT molecular complexity index is 948. The lowest BCUT2D eigenvalue weighted by Gasteiger charge is -2.13. The van der Waals surface area contributed by atoms with Gasteiger partial charge < -0.3 is 9.88 Å². The number of aromatic nitrogens is 3. The number of hydrogen-bond acceptors (Lipinski definition) is 4. The number of rotatable bonds is 6. The van der Waals surface area contributed by atoms with Crippen molar-refractivity contribution in [2.75, 3.05) is 5.32 Å². The van der Waals surface area contributed by atoms with E-state index >= 15 is 0 Å². The van der Waals surface area contributed by atoms with E-state index in [0.29, 0.717) is 11.7 Å². The lowest BCUT2D eigenvalue weighted by Crippen LogP contribution is -2.23. The number of hydrogen-bond donors (Lipinski definition) is 1. The Kier molecular flexibility index (Phi) is 6.13. The van der Waals surface area contributed by atoms with E-state index in [-0.39, 0.29) is 16.6 Å². The highest BCUT2D eigenvalue weighted by molar-refractivity contribution is 8.00. The lowest BCUT2D eigenvalue weighted by atomic mass is 10.2. The molecule has 3 rings (SSSR count). The normalized spacial score (nSPS) is 12.0. The Morgan fingerprint density at radius 2 is 2.00 bits per heavy atom. The molecule has 0 unspecified atom stereocenters. The molecule has 8 heteroatoms. The van der Waals surface area contributed by atoms with Gasteiger partial charge in [-0.15, -0.1) is 10.2 Å². The first-order valence-corrected chi connectivity index (χ1v) is 9.56. The minimum atomic E-state index is -0.573. The van der Waals surface area contributed by atoms with Crippen molar-refractivity contribution >= 4 is 35.0 Å². The van der Waals surface area contributed by atoms with Crippen molar-refractivity contribution in [2.24, 2.45) is 0 Å². The SMILES string of the molecule is Cc1nnc(S[C@H](C)C(=O)Nc2ccc(Cl)cc2F)n1Cc1ccccc1. The molecule has 0 saturated heterocycles. The maximum absolute atomic E-state index is 13.9. The molecule has 0 radical (unpaired) electrons. The van der Waals surface area contributed by atoms with Crippen LogP contribution in [0.25, 0.3) is 0 Å². The number of thioether (sulfide) groups is 1. The number of aryl methyl sites for hydroxylation is 1. The maximum Gasteiger partial charge on any atom is 0.237 e. The fourth-order valence-corrected chi connectivity index (χ4v) is 3.49. The molecule has 1 heterocycles. The molecule has 0 spiro atoms. The first-order chi connectivity index (χ1) is 12.9. The molecule has 0 saturated carbocycles. The lowest BCUT2D eigenvalue weighted by molar-refractivity contribution is -0.115. The summed E-state index contributed by atoms with van der Waals surface area (Å²) >= 11 is 7.01. The predicted octanol–water partition coefficient (Wildman–Crippen LogP) is 4.55. The summed E-state index contributed by atoms with van der Waals surface area (Å²) in [4.78, 5) is 12.4. The average Bonchev–Trinajstić information content (AvgIpc) is 2.98. The van der Waals surface area contributed by atoms with Gasteiger partial charge in [-0.3, -0.25) is 4.79 Å². The number of carbonyl (C=O) groups excluding carboxylic acids is 1. The van der Waals surface area contributed by atoms with Crippen LogP contribution in [0, 0.1) is 12.7 Å². The van der Waals surface area contributed by atoms with Crippen molar-refractivity contribution in [2.45, 2.75) is 30.8 Å². The molecule has 0 bridgehead atoms. The van der Waals surface area contributed by atoms with Gasteiger partial charge in [0, 0.05) is 5.02 Å². The van der Waals surface area contributed by atoms with Crippen molar-refractivity contribution in [1.82, 2.24) is 14.8 Å². The molecule has 1 atom stereocenters. The van der Waals surface area contributed by atoms with E-state index in [4.69, 9.17) is 11.6 Å². The summed E-state index contributed by atoms with van der Waals surface area (Å²) in [7, 11) is 0. The van der Waals surface area contributed by atoms with E-state index < -0.39 is 11.1 Å². The van der Waals surface area contributed by atoms with Crippen molar-refractivity contribution in [3.63, 3.8) is 0 Å². The van der Waals surface area contributed by atoms with Gasteiger partial charge in [-0.1, -0.05) is 53.7 Å². The minimum Gasteiger partial charge on any atom is -0.323 e. The predicted molar refractivity (Wildman–Crippen MR) is 106 cm³/mol. The Balaban J connectivity index is 1.70. The molecular formula is C19H18ClFN4OS.